The summed E-state index contributed by atoms with van der Waals surface area (Å²) in [5, 5.41) is 7.46. The minimum absolute atomic E-state index is 0.448. The van der Waals surface area contributed by atoms with E-state index in [1.807, 2.05) is 31.2 Å². The number of nitrogens with zero attached hydrogens (tertiary/aromatic N) is 5. The number of likely N-dealkylation sites (N-methyl/N-ethyl adjacent to an activating group) is 1. The van der Waals surface area contributed by atoms with Crippen LogP contribution < -0.4 is 30.3 Å². The van der Waals surface area contributed by atoms with Gasteiger partial charge in [-0.15, -0.1) is 0 Å². The van der Waals surface area contributed by atoms with E-state index in [0.29, 0.717) is 23.6 Å². The molecule has 0 atom stereocenters. The second kappa shape index (κ2) is 12.9. The summed E-state index contributed by atoms with van der Waals surface area (Å²) in [5.74, 6) is 2.44. The lowest BCUT2D eigenvalue weighted by Gasteiger charge is -2.42. The Morgan fingerprint density at radius 3 is 2.19 bits per heavy atom. The van der Waals surface area contributed by atoms with Gasteiger partial charge >= 0.3 is 0 Å². The molecule has 10 nitrogen and oxygen atoms in total. The fourth-order valence-corrected chi connectivity index (χ4v) is 6.51. The highest BCUT2D eigenvalue weighted by atomic mass is 31.2. The monoisotopic (exact) mass is 593 g/mol. The van der Waals surface area contributed by atoms with Gasteiger partial charge in [0, 0.05) is 74.1 Å². The lowest BCUT2D eigenvalue weighted by atomic mass is 10.0. The van der Waals surface area contributed by atoms with Gasteiger partial charge < -0.3 is 34.5 Å². The standard InChI is InChI=1S/C31H44N7O3P/c1-22-21-32-31(35-30(22)33-26-10-8-25(42(5,6)39)20-29(26)41-4)34-27-9-7-24(19-28(27)40-3)37-13-11-23(12-14-37)38-17-15-36(2)16-18-38/h7-10,19-21,23H,11-18H2,1-6H3,(H2,32,33,34,35). The summed E-state index contributed by atoms with van der Waals surface area (Å²) >= 11 is 0. The number of benzene rings is 2. The second-order valence-electron chi connectivity index (χ2n) is 11.7. The molecule has 3 heterocycles. The van der Waals surface area contributed by atoms with E-state index in [1.165, 1.54) is 31.6 Å². The first-order chi connectivity index (χ1) is 20.1. The Morgan fingerprint density at radius 2 is 1.52 bits per heavy atom. The summed E-state index contributed by atoms with van der Waals surface area (Å²) in [6.45, 7) is 12.2. The molecule has 0 aliphatic carbocycles. The van der Waals surface area contributed by atoms with E-state index >= 15 is 0 Å². The van der Waals surface area contributed by atoms with E-state index in [-0.39, 0.29) is 0 Å². The number of ether oxygens (including phenoxy) is 2. The van der Waals surface area contributed by atoms with Crippen LogP contribution in [-0.4, -0.2) is 99.7 Å². The number of rotatable bonds is 9. The van der Waals surface area contributed by atoms with Crippen LogP contribution in [0.25, 0.3) is 0 Å². The van der Waals surface area contributed by atoms with Crippen molar-refractivity contribution >= 4 is 41.3 Å². The molecule has 2 aliphatic heterocycles. The van der Waals surface area contributed by atoms with E-state index in [4.69, 9.17) is 14.5 Å². The molecule has 2 N–H and O–H groups in total. The Balaban J connectivity index is 1.27. The van der Waals surface area contributed by atoms with Gasteiger partial charge in [-0.1, -0.05) is 0 Å². The van der Waals surface area contributed by atoms with Crippen molar-refractivity contribution in [1.82, 2.24) is 19.8 Å². The Labute approximate surface area is 249 Å². The van der Waals surface area contributed by atoms with Crippen LogP contribution in [0.15, 0.2) is 42.6 Å². The van der Waals surface area contributed by atoms with Crippen molar-refractivity contribution in [3.05, 3.63) is 48.2 Å². The van der Waals surface area contributed by atoms with Gasteiger partial charge in [0.15, 0.2) is 0 Å². The zero-order valence-corrected chi connectivity index (χ0v) is 26.6. The molecule has 0 bridgehead atoms. The van der Waals surface area contributed by atoms with Crippen LogP contribution in [0.3, 0.4) is 0 Å². The first-order valence-electron chi connectivity index (χ1n) is 14.6. The van der Waals surface area contributed by atoms with Crippen LogP contribution in [0, 0.1) is 6.92 Å². The molecule has 0 radical (unpaired) electrons. The van der Waals surface area contributed by atoms with Crippen molar-refractivity contribution in [2.45, 2.75) is 25.8 Å². The molecule has 2 aliphatic rings. The third-order valence-corrected chi connectivity index (χ3v) is 9.87. The molecule has 0 amide bonds. The molecule has 0 saturated carbocycles. The second-order valence-corrected chi connectivity index (χ2v) is 14.9. The van der Waals surface area contributed by atoms with Crippen molar-refractivity contribution in [1.29, 1.82) is 0 Å². The average Bonchev–Trinajstić information content (AvgIpc) is 2.99. The highest BCUT2D eigenvalue weighted by Crippen LogP contribution is 2.38. The van der Waals surface area contributed by atoms with Crippen molar-refractivity contribution in [3.63, 3.8) is 0 Å². The fraction of sp³-hybridized carbons (Fsp3) is 0.484. The van der Waals surface area contributed by atoms with Crippen molar-refractivity contribution in [2.24, 2.45) is 0 Å². The van der Waals surface area contributed by atoms with Crippen LogP contribution in [0.5, 0.6) is 11.5 Å². The predicted octanol–water partition coefficient (Wildman–Crippen LogP) is 4.75. The van der Waals surface area contributed by atoms with Crippen molar-refractivity contribution in [3.8, 4) is 11.5 Å². The predicted molar refractivity (Wildman–Crippen MR) is 173 cm³/mol. The third kappa shape index (κ3) is 7.00. The highest BCUT2D eigenvalue weighted by molar-refractivity contribution is 7.70. The van der Waals surface area contributed by atoms with Gasteiger partial charge in [0.1, 0.15) is 24.5 Å². The summed E-state index contributed by atoms with van der Waals surface area (Å²) in [4.78, 5) is 16.8. The molecule has 0 unspecified atom stereocenters. The number of aryl methyl sites for hydroxylation is 1. The molecular formula is C31H44N7O3P. The maximum absolute atomic E-state index is 12.6. The van der Waals surface area contributed by atoms with Crippen LogP contribution in [0.4, 0.5) is 28.8 Å². The van der Waals surface area contributed by atoms with Gasteiger partial charge in [-0.05, 0) is 70.5 Å². The topological polar surface area (TPSA) is 95.1 Å². The molecule has 2 aromatic carbocycles. The van der Waals surface area contributed by atoms with E-state index < -0.39 is 7.14 Å². The number of nitrogens with one attached hydrogen (secondary N) is 2. The van der Waals surface area contributed by atoms with Crippen molar-refractivity contribution in [2.75, 3.05) is 89.4 Å². The number of aromatic nitrogens is 2. The minimum atomic E-state index is -2.41. The van der Waals surface area contributed by atoms with E-state index in [2.05, 4.69) is 49.5 Å². The maximum atomic E-state index is 12.6. The molecule has 1 aromatic heterocycles. The molecule has 2 fully saturated rings. The van der Waals surface area contributed by atoms with E-state index in [9.17, 15) is 4.57 Å². The van der Waals surface area contributed by atoms with Crippen LogP contribution >= 0.6 is 7.14 Å². The Morgan fingerprint density at radius 1 is 0.881 bits per heavy atom. The number of anilines is 5. The Kier molecular flexibility index (Phi) is 9.25. The summed E-state index contributed by atoms with van der Waals surface area (Å²) in [5.41, 5.74) is 3.58. The number of hydrogen-bond donors (Lipinski definition) is 2. The van der Waals surface area contributed by atoms with Gasteiger partial charge in [0.2, 0.25) is 5.95 Å². The van der Waals surface area contributed by atoms with E-state index in [1.54, 1.807) is 33.7 Å². The lowest BCUT2D eigenvalue weighted by molar-refractivity contribution is 0.0982. The number of hydrogen-bond acceptors (Lipinski definition) is 10. The maximum Gasteiger partial charge on any atom is 0.229 e. The zero-order valence-electron chi connectivity index (χ0n) is 25.7. The summed E-state index contributed by atoms with van der Waals surface area (Å²) in [6.07, 6.45) is 4.14. The Bertz CT molecular complexity index is 1430. The smallest absolute Gasteiger partial charge is 0.229 e. The molecule has 42 heavy (non-hydrogen) atoms. The minimum Gasteiger partial charge on any atom is -0.495 e. The molecule has 5 rings (SSSR count). The van der Waals surface area contributed by atoms with Gasteiger partial charge in [-0.3, -0.25) is 4.90 Å². The summed E-state index contributed by atoms with van der Waals surface area (Å²) < 4.78 is 23.9. The number of piperazine rings is 1. The molecule has 3 aromatic rings. The SMILES string of the molecule is COc1cc(N2CCC(N3CCN(C)CC3)CC2)ccc1Nc1ncc(C)c(Nc2ccc(P(C)(C)=O)cc2OC)n1. The molecule has 226 valence electrons. The first kappa shape index (κ1) is 30.1. The highest BCUT2D eigenvalue weighted by Gasteiger charge is 2.27. The van der Waals surface area contributed by atoms with Gasteiger partial charge in [-0.2, -0.15) is 4.98 Å². The quantitative estimate of drug-likeness (QED) is 0.339. The largest absolute Gasteiger partial charge is 0.495 e. The van der Waals surface area contributed by atoms with Gasteiger partial charge in [0.05, 0.1) is 25.6 Å². The lowest BCUT2D eigenvalue weighted by Crippen LogP contribution is -2.52. The number of methoxy groups -OCH3 is 2. The first-order valence-corrected chi connectivity index (χ1v) is 17.2. The van der Waals surface area contributed by atoms with Gasteiger partial charge in [-0.25, -0.2) is 4.98 Å². The summed E-state index contributed by atoms with van der Waals surface area (Å²) in [7, 11) is 3.09. The van der Waals surface area contributed by atoms with Crippen LogP contribution in [0.2, 0.25) is 0 Å². The molecule has 2 saturated heterocycles. The van der Waals surface area contributed by atoms with Crippen LogP contribution in [0.1, 0.15) is 18.4 Å². The van der Waals surface area contributed by atoms with E-state index in [0.717, 1.165) is 54.2 Å². The Hall–Kier alpha value is -3.33. The van der Waals surface area contributed by atoms with Crippen LogP contribution in [-0.2, 0) is 4.57 Å². The third-order valence-electron chi connectivity index (χ3n) is 8.35. The fourth-order valence-electron chi connectivity index (χ4n) is 5.65. The van der Waals surface area contributed by atoms with Crippen molar-refractivity contribution < 1.29 is 14.0 Å². The molecule has 11 heteroatoms. The zero-order chi connectivity index (χ0) is 29.9. The molecule has 0 spiro atoms. The summed E-state index contributed by atoms with van der Waals surface area (Å²) in [6, 6.07) is 12.5. The normalized spacial score (nSPS) is 17.2. The number of piperidine rings is 1. The molecular weight excluding hydrogens is 549 g/mol. The van der Waals surface area contributed by atoms with Gasteiger partial charge in [0.25, 0.3) is 0 Å². The average molecular weight is 594 g/mol.